The summed E-state index contributed by atoms with van der Waals surface area (Å²) in [5.41, 5.74) is 8.12. The minimum atomic E-state index is -0.0408. The molecular formula is C12H17N5O. The topological polar surface area (TPSA) is 95.8 Å². The lowest BCUT2D eigenvalue weighted by molar-refractivity contribution is -0.119. The Labute approximate surface area is 105 Å². The van der Waals surface area contributed by atoms with Crippen LogP contribution < -0.4 is 16.4 Å². The molecule has 0 fully saturated rings. The van der Waals surface area contributed by atoms with E-state index in [-0.39, 0.29) is 12.5 Å². The van der Waals surface area contributed by atoms with Crippen LogP contribution in [-0.2, 0) is 4.79 Å². The van der Waals surface area contributed by atoms with Crippen LogP contribution in [0.1, 0.15) is 13.3 Å². The fourth-order valence-electron chi connectivity index (χ4n) is 1.66. The zero-order valence-electron chi connectivity index (χ0n) is 10.3. The Bertz CT molecular complexity index is 548. The Kier molecular flexibility index (Phi) is 3.66. The van der Waals surface area contributed by atoms with Crippen LogP contribution in [0, 0.1) is 0 Å². The third-order valence-electron chi connectivity index (χ3n) is 2.62. The van der Waals surface area contributed by atoms with Crippen molar-refractivity contribution in [3.8, 4) is 0 Å². The number of nitrogens with one attached hydrogen (secondary N) is 3. The van der Waals surface area contributed by atoms with E-state index in [2.05, 4.69) is 20.8 Å². The Morgan fingerprint density at radius 2 is 2.33 bits per heavy atom. The van der Waals surface area contributed by atoms with Crippen molar-refractivity contribution in [1.29, 1.82) is 0 Å². The molecule has 1 heterocycles. The molecule has 1 amide bonds. The predicted molar refractivity (Wildman–Crippen MR) is 72.3 cm³/mol. The summed E-state index contributed by atoms with van der Waals surface area (Å²) in [7, 11) is 0. The predicted octanol–water partition coefficient (Wildman–Crippen LogP) is 1.08. The summed E-state index contributed by atoms with van der Waals surface area (Å²) in [6.45, 7) is 2.91. The fraction of sp³-hybridized carbons (Fsp3) is 0.333. The summed E-state index contributed by atoms with van der Waals surface area (Å²) in [5, 5.41) is 13.6. The molecule has 0 radical (unpaired) electrons. The van der Waals surface area contributed by atoms with Gasteiger partial charge in [-0.05, 0) is 18.6 Å². The number of amides is 1. The second-order valence-corrected chi connectivity index (χ2v) is 4.10. The molecule has 2 rings (SSSR count). The van der Waals surface area contributed by atoms with E-state index in [4.69, 9.17) is 5.73 Å². The zero-order chi connectivity index (χ0) is 13.0. The summed E-state index contributed by atoms with van der Waals surface area (Å²) in [4.78, 5) is 11.5. The van der Waals surface area contributed by atoms with Crippen LogP contribution in [0.15, 0.2) is 18.3 Å². The van der Waals surface area contributed by atoms with Crippen molar-refractivity contribution < 1.29 is 4.79 Å². The molecule has 0 saturated heterocycles. The number of nitrogens with two attached hydrogens (primary N) is 1. The summed E-state index contributed by atoms with van der Waals surface area (Å²) in [6, 6.07) is 3.68. The maximum Gasteiger partial charge on any atom is 0.239 e. The quantitative estimate of drug-likeness (QED) is 0.594. The van der Waals surface area contributed by atoms with Gasteiger partial charge in [0, 0.05) is 11.9 Å². The van der Waals surface area contributed by atoms with Crippen molar-refractivity contribution in [2.45, 2.75) is 13.3 Å². The Hall–Kier alpha value is -2.24. The van der Waals surface area contributed by atoms with Crippen LogP contribution in [0.3, 0.4) is 0 Å². The number of nitrogen functional groups attached to an aromatic ring is 1. The van der Waals surface area contributed by atoms with Gasteiger partial charge in [0.1, 0.15) is 0 Å². The third-order valence-corrected chi connectivity index (χ3v) is 2.62. The number of aromatic nitrogens is 2. The summed E-state index contributed by atoms with van der Waals surface area (Å²) >= 11 is 0. The van der Waals surface area contributed by atoms with Crippen LogP contribution in [0.25, 0.3) is 10.9 Å². The first-order valence-electron chi connectivity index (χ1n) is 5.94. The second kappa shape index (κ2) is 5.39. The maximum atomic E-state index is 11.5. The monoisotopic (exact) mass is 247 g/mol. The molecule has 6 nitrogen and oxygen atoms in total. The Morgan fingerprint density at radius 1 is 1.50 bits per heavy atom. The van der Waals surface area contributed by atoms with E-state index in [0.717, 1.165) is 23.0 Å². The molecule has 0 spiro atoms. The van der Waals surface area contributed by atoms with Crippen molar-refractivity contribution in [3.05, 3.63) is 18.3 Å². The van der Waals surface area contributed by atoms with Crippen molar-refractivity contribution >= 4 is 28.2 Å². The van der Waals surface area contributed by atoms with Gasteiger partial charge < -0.3 is 16.4 Å². The van der Waals surface area contributed by atoms with E-state index >= 15 is 0 Å². The molecular weight excluding hydrogens is 230 g/mol. The number of benzene rings is 1. The van der Waals surface area contributed by atoms with Gasteiger partial charge in [-0.15, -0.1) is 0 Å². The number of carbonyl (C=O) groups is 1. The highest BCUT2D eigenvalue weighted by molar-refractivity contribution is 5.90. The van der Waals surface area contributed by atoms with Gasteiger partial charge in [-0.3, -0.25) is 9.89 Å². The van der Waals surface area contributed by atoms with E-state index in [1.807, 2.05) is 19.1 Å². The van der Waals surface area contributed by atoms with Gasteiger partial charge in [0.05, 0.1) is 29.6 Å². The summed E-state index contributed by atoms with van der Waals surface area (Å²) < 4.78 is 0. The SMILES string of the molecule is CCCNC(=O)CNc1cc2[nH]ncc2cc1N. The number of aromatic amines is 1. The smallest absolute Gasteiger partial charge is 0.239 e. The second-order valence-electron chi connectivity index (χ2n) is 4.10. The highest BCUT2D eigenvalue weighted by Gasteiger charge is 2.05. The first-order valence-corrected chi connectivity index (χ1v) is 5.94. The summed E-state index contributed by atoms with van der Waals surface area (Å²) in [5.74, 6) is -0.0408. The lowest BCUT2D eigenvalue weighted by Gasteiger charge is -2.09. The average molecular weight is 247 g/mol. The van der Waals surface area contributed by atoms with E-state index in [1.54, 1.807) is 6.20 Å². The minimum Gasteiger partial charge on any atom is -0.397 e. The van der Waals surface area contributed by atoms with Crippen LogP contribution in [-0.4, -0.2) is 29.2 Å². The maximum absolute atomic E-state index is 11.5. The molecule has 18 heavy (non-hydrogen) atoms. The lowest BCUT2D eigenvalue weighted by atomic mass is 10.2. The molecule has 0 aliphatic heterocycles. The van der Waals surface area contributed by atoms with Crippen LogP contribution in [0.2, 0.25) is 0 Å². The molecule has 5 N–H and O–H groups in total. The molecule has 1 aromatic carbocycles. The van der Waals surface area contributed by atoms with Crippen molar-refractivity contribution in [1.82, 2.24) is 15.5 Å². The van der Waals surface area contributed by atoms with Crippen molar-refractivity contribution in [2.24, 2.45) is 0 Å². The standard InChI is InChI=1S/C12H17N5O/c1-2-3-14-12(18)7-15-11-5-10-8(4-9(11)13)6-16-17-10/h4-6,15H,2-3,7,13H2,1H3,(H,14,18)(H,16,17). The number of anilines is 2. The number of hydrogen-bond acceptors (Lipinski definition) is 4. The van der Waals surface area contributed by atoms with Gasteiger partial charge in [-0.25, -0.2) is 0 Å². The number of carbonyl (C=O) groups excluding carboxylic acids is 1. The molecule has 1 aromatic heterocycles. The van der Waals surface area contributed by atoms with Gasteiger partial charge in [0.2, 0.25) is 5.91 Å². The van der Waals surface area contributed by atoms with Crippen molar-refractivity contribution in [2.75, 3.05) is 24.1 Å². The lowest BCUT2D eigenvalue weighted by Crippen LogP contribution is -2.30. The highest BCUT2D eigenvalue weighted by Crippen LogP contribution is 2.24. The first-order chi connectivity index (χ1) is 8.70. The van der Waals surface area contributed by atoms with Crippen LogP contribution in [0.5, 0.6) is 0 Å². The molecule has 0 aliphatic carbocycles. The molecule has 2 aromatic rings. The number of nitrogens with zero attached hydrogens (tertiary/aromatic N) is 1. The van der Waals surface area contributed by atoms with Gasteiger partial charge in [0.25, 0.3) is 0 Å². The van der Waals surface area contributed by atoms with Crippen molar-refractivity contribution in [3.63, 3.8) is 0 Å². The molecule has 0 bridgehead atoms. The Balaban J connectivity index is 2.02. The number of rotatable bonds is 5. The minimum absolute atomic E-state index is 0.0408. The molecule has 0 aliphatic rings. The molecule has 6 heteroatoms. The van der Waals surface area contributed by atoms with E-state index in [9.17, 15) is 4.79 Å². The third kappa shape index (κ3) is 2.71. The number of fused-ring (bicyclic) bond motifs is 1. The normalized spacial score (nSPS) is 10.5. The average Bonchev–Trinajstić information content (AvgIpc) is 2.80. The first kappa shape index (κ1) is 12.2. The molecule has 0 saturated carbocycles. The Morgan fingerprint density at radius 3 is 3.11 bits per heavy atom. The van der Waals surface area contributed by atoms with Crippen LogP contribution in [0.4, 0.5) is 11.4 Å². The molecule has 96 valence electrons. The summed E-state index contributed by atoms with van der Waals surface area (Å²) in [6.07, 6.45) is 2.64. The van der Waals surface area contributed by atoms with Crippen LogP contribution >= 0.6 is 0 Å². The number of hydrogen-bond donors (Lipinski definition) is 4. The van der Waals surface area contributed by atoms with Gasteiger partial charge in [0.15, 0.2) is 0 Å². The zero-order valence-corrected chi connectivity index (χ0v) is 10.3. The van der Waals surface area contributed by atoms with Gasteiger partial charge in [-0.2, -0.15) is 5.10 Å². The highest BCUT2D eigenvalue weighted by atomic mass is 16.1. The van der Waals surface area contributed by atoms with E-state index < -0.39 is 0 Å². The van der Waals surface area contributed by atoms with E-state index in [0.29, 0.717) is 12.2 Å². The van der Waals surface area contributed by atoms with Gasteiger partial charge >= 0.3 is 0 Å². The fourth-order valence-corrected chi connectivity index (χ4v) is 1.66. The van der Waals surface area contributed by atoms with E-state index in [1.165, 1.54) is 0 Å². The molecule has 0 atom stereocenters. The van der Waals surface area contributed by atoms with Gasteiger partial charge in [-0.1, -0.05) is 6.92 Å². The largest absolute Gasteiger partial charge is 0.397 e. The number of H-pyrrole nitrogens is 1. The molecule has 0 unspecified atom stereocenters.